The Morgan fingerprint density at radius 3 is 2.39 bits per heavy atom. The molecule has 0 saturated heterocycles. The maximum Gasteiger partial charge on any atom is 0.322 e. The van der Waals surface area contributed by atoms with Crippen LogP contribution < -0.4 is 14.8 Å². The second-order valence-electron chi connectivity index (χ2n) is 8.69. The number of methoxy groups -OCH3 is 3. The average molecular weight is 524 g/mol. The molecule has 0 spiro atoms. The molecule has 0 bridgehead atoms. The third-order valence-corrected chi connectivity index (χ3v) is 6.22. The van der Waals surface area contributed by atoms with E-state index in [1.807, 2.05) is 55.5 Å². The fraction of sp³-hybridized carbons (Fsp3) is 0.379. The second-order valence-corrected chi connectivity index (χ2v) is 8.69. The number of urea groups is 1. The smallest absolute Gasteiger partial charge is 0.322 e. The molecule has 0 aliphatic carbocycles. The molecule has 9 nitrogen and oxygen atoms in total. The number of hydrogen-bond acceptors (Lipinski definition) is 6. The predicted octanol–water partition coefficient (Wildman–Crippen LogP) is 4.61. The van der Waals surface area contributed by atoms with E-state index in [0.717, 1.165) is 23.2 Å². The topological polar surface area (TPSA) is 93.5 Å². The minimum absolute atomic E-state index is 0.101. The molecule has 38 heavy (non-hydrogen) atoms. The van der Waals surface area contributed by atoms with Crippen LogP contribution in [0.2, 0.25) is 0 Å². The van der Waals surface area contributed by atoms with Crippen LogP contribution in [0.5, 0.6) is 11.5 Å². The Labute approximate surface area is 224 Å². The second kappa shape index (κ2) is 14.7. The minimum atomic E-state index is -0.353. The molecule has 0 aliphatic heterocycles. The summed E-state index contributed by atoms with van der Waals surface area (Å²) < 4.78 is 21.5. The predicted molar refractivity (Wildman–Crippen MR) is 146 cm³/mol. The van der Waals surface area contributed by atoms with E-state index in [1.54, 1.807) is 38.6 Å². The standard InChI is InChI=1S/C29H37N3O6/c1-5-23-9-6-7-11-25(23)30-29(34)32(16-18-35-2)21-28(33)31(20-24-10-8-17-38-24)15-14-22-12-13-26(36-3)27(19-22)37-4/h6-13,17,19H,5,14-16,18,20-21H2,1-4H3,(H,30,34). The zero-order valence-corrected chi connectivity index (χ0v) is 22.6. The van der Waals surface area contributed by atoms with Gasteiger partial charge in [0.05, 0.1) is 33.6 Å². The first-order chi connectivity index (χ1) is 18.5. The van der Waals surface area contributed by atoms with Gasteiger partial charge in [-0.05, 0) is 54.3 Å². The highest BCUT2D eigenvalue weighted by Crippen LogP contribution is 2.28. The Morgan fingerprint density at radius 1 is 0.921 bits per heavy atom. The molecule has 1 aromatic heterocycles. The van der Waals surface area contributed by atoms with Gasteiger partial charge in [-0.3, -0.25) is 4.79 Å². The van der Waals surface area contributed by atoms with Crippen molar-refractivity contribution in [1.29, 1.82) is 0 Å². The first-order valence-electron chi connectivity index (χ1n) is 12.6. The van der Waals surface area contributed by atoms with Crippen molar-refractivity contribution in [2.45, 2.75) is 26.3 Å². The Balaban J connectivity index is 1.75. The maximum atomic E-state index is 13.5. The number of rotatable bonds is 14. The van der Waals surface area contributed by atoms with Crippen LogP contribution >= 0.6 is 0 Å². The molecule has 1 N–H and O–H groups in total. The highest BCUT2D eigenvalue weighted by atomic mass is 16.5. The van der Waals surface area contributed by atoms with Crippen molar-refractivity contribution in [1.82, 2.24) is 9.80 Å². The SMILES string of the molecule is CCc1ccccc1NC(=O)N(CCOC)CC(=O)N(CCc1ccc(OC)c(OC)c1)Cc1ccco1. The molecule has 0 saturated carbocycles. The van der Waals surface area contributed by atoms with Crippen LogP contribution in [-0.4, -0.2) is 69.3 Å². The van der Waals surface area contributed by atoms with E-state index >= 15 is 0 Å². The summed E-state index contributed by atoms with van der Waals surface area (Å²) in [6, 6.07) is 16.6. The van der Waals surface area contributed by atoms with Crippen molar-refractivity contribution in [3.8, 4) is 11.5 Å². The van der Waals surface area contributed by atoms with E-state index in [4.69, 9.17) is 18.6 Å². The number of ether oxygens (including phenoxy) is 3. The molecule has 1 heterocycles. The highest BCUT2D eigenvalue weighted by Gasteiger charge is 2.23. The molecule has 3 aromatic rings. The molecule has 9 heteroatoms. The summed E-state index contributed by atoms with van der Waals surface area (Å²) in [4.78, 5) is 29.9. The molecule has 3 amide bonds. The van der Waals surface area contributed by atoms with E-state index in [0.29, 0.717) is 36.8 Å². The lowest BCUT2D eigenvalue weighted by Gasteiger charge is -2.27. The lowest BCUT2D eigenvalue weighted by molar-refractivity contribution is -0.132. The van der Waals surface area contributed by atoms with Crippen LogP contribution in [0.1, 0.15) is 23.8 Å². The third kappa shape index (κ3) is 8.01. The van der Waals surface area contributed by atoms with Gasteiger partial charge in [0, 0.05) is 25.9 Å². The number of nitrogens with zero attached hydrogens (tertiary/aromatic N) is 2. The van der Waals surface area contributed by atoms with Crippen LogP contribution in [0.4, 0.5) is 10.5 Å². The quantitative estimate of drug-likeness (QED) is 0.332. The van der Waals surface area contributed by atoms with Gasteiger partial charge in [-0.25, -0.2) is 4.79 Å². The Kier molecular flexibility index (Phi) is 11.0. The summed E-state index contributed by atoms with van der Waals surface area (Å²) in [6.07, 6.45) is 2.94. The van der Waals surface area contributed by atoms with E-state index in [-0.39, 0.29) is 31.6 Å². The molecule has 2 aromatic carbocycles. The van der Waals surface area contributed by atoms with Crippen molar-refractivity contribution in [2.24, 2.45) is 0 Å². The number of aryl methyl sites for hydroxylation is 1. The highest BCUT2D eigenvalue weighted by molar-refractivity contribution is 5.93. The van der Waals surface area contributed by atoms with Gasteiger partial charge in [-0.1, -0.05) is 31.2 Å². The Hall–Kier alpha value is -3.98. The van der Waals surface area contributed by atoms with Crippen LogP contribution in [0.3, 0.4) is 0 Å². The van der Waals surface area contributed by atoms with Crippen molar-refractivity contribution in [2.75, 3.05) is 52.9 Å². The minimum Gasteiger partial charge on any atom is -0.493 e. The number of carbonyl (C=O) groups excluding carboxylic acids is 2. The third-order valence-electron chi connectivity index (χ3n) is 6.22. The van der Waals surface area contributed by atoms with Crippen LogP contribution in [0, 0.1) is 0 Å². The van der Waals surface area contributed by atoms with Crippen LogP contribution in [0.25, 0.3) is 0 Å². The molecule has 204 valence electrons. The molecule has 0 fully saturated rings. The number of carbonyl (C=O) groups is 2. The Bertz CT molecular complexity index is 1160. The number of amides is 3. The molecule has 3 rings (SSSR count). The van der Waals surface area contributed by atoms with Gasteiger partial charge in [0.2, 0.25) is 5.91 Å². The normalized spacial score (nSPS) is 10.6. The van der Waals surface area contributed by atoms with Gasteiger partial charge in [0.25, 0.3) is 0 Å². The average Bonchev–Trinajstić information content (AvgIpc) is 3.46. The van der Waals surface area contributed by atoms with E-state index < -0.39 is 0 Å². The summed E-state index contributed by atoms with van der Waals surface area (Å²) >= 11 is 0. The van der Waals surface area contributed by atoms with Gasteiger partial charge in [-0.15, -0.1) is 0 Å². The van der Waals surface area contributed by atoms with Gasteiger partial charge in [-0.2, -0.15) is 0 Å². The maximum absolute atomic E-state index is 13.5. The van der Waals surface area contributed by atoms with Gasteiger partial charge >= 0.3 is 6.03 Å². The van der Waals surface area contributed by atoms with Crippen LogP contribution in [-0.2, 0) is 28.9 Å². The summed E-state index contributed by atoms with van der Waals surface area (Å²) in [5, 5.41) is 2.96. The summed E-state index contributed by atoms with van der Waals surface area (Å²) in [5.41, 5.74) is 2.74. The van der Waals surface area contributed by atoms with Crippen LogP contribution in [0.15, 0.2) is 65.3 Å². The van der Waals surface area contributed by atoms with Crippen molar-refractivity contribution >= 4 is 17.6 Å². The summed E-state index contributed by atoms with van der Waals surface area (Å²) in [5.74, 6) is 1.74. The zero-order chi connectivity index (χ0) is 27.3. The molecular weight excluding hydrogens is 486 g/mol. The van der Waals surface area contributed by atoms with Crippen molar-refractivity contribution in [3.63, 3.8) is 0 Å². The van der Waals surface area contributed by atoms with Crippen molar-refractivity contribution < 1.29 is 28.2 Å². The molecule has 0 unspecified atom stereocenters. The largest absolute Gasteiger partial charge is 0.493 e. The number of nitrogens with one attached hydrogen (secondary N) is 1. The van der Waals surface area contributed by atoms with Gasteiger partial charge in [0.1, 0.15) is 12.3 Å². The number of hydrogen-bond donors (Lipinski definition) is 1. The van der Waals surface area contributed by atoms with E-state index in [2.05, 4.69) is 5.32 Å². The molecule has 0 radical (unpaired) electrons. The molecule has 0 aliphatic rings. The number of furan rings is 1. The fourth-order valence-electron chi connectivity index (χ4n) is 4.04. The summed E-state index contributed by atoms with van der Waals surface area (Å²) in [7, 11) is 4.75. The number of benzene rings is 2. The number of anilines is 1. The first-order valence-corrected chi connectivity index (χ1v) is 12.6. The van der Waals surface area contributed by atoms with E-state index in [1.165, 1.54) is 4.90 Å². The lowest BCUT2D eigenvalue weighted by atomic mass is 10.1. The fourth-order valence-corrected chi connectivity index (χ4v) is 4.04. The molecular formula is C29H37N3O6. The first kappa shape index (κ1) is 28.6. The summed E-state index contributed by atoms with van der Waals surface area (Å²) in [6.45, 7) is 3.22. The van der Waals surface area contributed by atoms with E-state index in [9.17, 15) is 9.59 Å². The molecule has 0 atom stereocenters. The zero-order valence-electron chi connectivity index (χ0n) is 22.6. The number of para-hydroxylation sites is 1. The van der Waals surface area contributed by atoms with Gasteiger partial charge < -0.3 is 33.7 Å². The van der Waals surface area contributed by atoms with Crippen molar-refractivity contribution in [3.05, 3.63) is 77.7 Å². The van der Waals surface area contributed by atoms with Gasteiger partial charge in [0.15, 0.2) is 11.5 Å². The lowest BCUT2D eigenvalue weighted by Crippen LogP contribution is -2.46. The monoisotopic (exact) mass is 523 g/mol. The Morgan fingerprint density at radius 2 is 1.71 bits per heavy atom.